The second-order valence-electron chi connectivity index (χ2n) is 5.48. The fourth-order valence-corrected chi connectivity index (χ4v) is 2.00. The van der Waals surface area contributed by atoms with Crippen LogP contribution in [0.15, 0.2) is 54.6 Å². The lowest BCUT2D eigenvalue weighted by molar-refractivity contribution is 0.217. The molecule has 3 heteroatoms. The van der Waals surface area contributed by atoms with Gasteiger partial charge in [0.05, 0.1) is 12.6 Å². The first-order valence-corrected chi connectivity index (χ1v) is 7.89. The van der Waals surface area contributed by atoms with E-state index in [-0.39, 0.29) is 12.2 Å². The van der Waals surface area contributed by atoms with Crippen LogP contribution in [0.25, 0.3) is 0 Å². The lowest BCUT2D eigenvalue weighted by Crippen LogP contribution is -2.22. The molecule has 0 saturated carbocycles. The molecule has 0 aliphatic heterocycles. The molecule has 2 atom stereocenters. The molecule has 2 rings (SSSR count). The van der Waals surface area contributed by atoms with Gasteiger partial charge in [0.1, 0.15) is 17.6 Å². The van der Waals surface area contributed by atoms with Crippen LogP contribution < -0.4 is 14.8 Å². The SMILES string of the molecule is CC[C@H](C)Oc1ccc(NC[C@H](C)Oc2ccccc2)cc1. The molecule has 0 radical (unpaired) electrons. The van der Waals surface area contributed by atoms with Gasteiger partial charge in [-0.2, -0.15) is 0 Å². The molecule has 3 nitrogen and oxygen atoms in total. The van der Waals surface area contributed by atoms with E-state index in [9.17, 15) is 0 Å². The summed E-state index contributed by atoms with van der Waals surface area (Å²) in [6.45, 7) is 7.00. The molecule has 2 aromatic carbocycles. The molecular formula is C19H25NO2. The summed E-state index contributed by atoms with van der Waals surface area (Å²) in [7, 11) is 0. The summed E-state index contributed by atoms with van der Waals surface area (Å²) in [4.78, 5) is 0. The van der Waals surface area contributed by atoms with E-state index in [1.54, 1.807) is 0 Å². The van der Waals surface area contributed by atoms with Crippen molar-refractivity contribution in [3.05, 3.63) is 54.6 Å². The number of anilines is 1. The zero-order valence-corrected chi connectivity index (χ0v) is 13.6. The monoisotopic (exact) mass is 299 g/mol. The molecule has 0 aromatic heterocycles. The highest BCUT2D eigenvalue weighted by Crippen LogP contribution is 2.18. The van der Waals surface area contributed by atoms with Crippen LogP contribution in [-0.2, 0) is 0 Å². The normalized spacial score (nSPS) is 13.2. The summed E-state index contributed by atoms with van der Waals surface area (Å²) >= 11 is 0. The number of rotatable bonds is 8. The maximum Gasteiger partial charge on any atom is 0.119 e. The quantitative estimate of drug-likeness (QED) is 0.763. The molecule has 0 aliphatic rings. The van der Waals surface area contributed by atoms with Gasteiger partial charge in [0.25, 0.3) is 0 Å². The molecule has 1 N–H and O–H groups in total. The Morgan fingerprint density at radius 1 is 0.818 bits per heavy atom. The van der Waals surface area contributed by atoms with Crippen LogP contribution >= 0.6 is 0 Å². The van der Waals surface area contributed by atoms with Crippen LogP contribution in [0.5, 0.6) is 11.5 Å². The third kappa shape index (κ3) is 5.32. The number of nitrogens with one attached hydrogen (secondary N) is 1. The molecule has 118 valence electrons. The highest BCUT2D eigenvalue weighted by Gasteiger charge is 2.04. The Morgan fingerprint density at radius 2 is 1.41 bits per heavy atom. The summed E-state index contributed by atoms with van der Waals surface area (Å²) in [5.41, 5.74) is 1.07. The van der Waals surface area contributed by atoms with E-state index in [1.807, 2.05) is 54.6 Å². The molecule has 0 spiro atoms. The van der Waals surface area contributed by atoms with Crippen molar-refractivity contribution < 1.29 is 9.47 Å². The minimum Gasteiger partial charge on any atom is -0.491 e. The van der Waals surface area contributed by atoms with E-state index < -0.39 is 0 Å². The third-order valence-corrected chi connectivity index (χ3v) is 3.44. The molecule has 0 saturated heterocycles. The molecular weight excluding hydrogens is 274 g/mol. The van der Waals surface area contributed by atoms with Gasteiger partial charge in [0, 0.05) is 5.69 Å². The average molecular weight is 299 g/mol. The Bertz CT molecular complexity index is 539. The van der Waals surface area contributed by atoms with Crippen molar-refractivity contribution in [3.63, 3.8) is 0 Å². The van der Waals surface area contributed by atoms with Crippen molar-refractivity contribution >= 4 is 5.69 Å². The minimum absolute atomic E-state index is 0.0958. The largest absolute Gasteiger partial charge is 0.491 e. The Labute approximate surface area is 133 Å². The topological polar surface area (TPSA) is 30.5 Å². The van der Waals surface area contributed by atoms with Crippen molar-refractivity contribution in [1.82, 2.24) is 0 Å². The van der Waals surface area contributed by atoms with Gasteiger partial charge >= 0.3 is 0 Å². The molecule has 0 unspecified atom stereocenters. The van der Waals surface area contributed by atoms with Gasteiger partial charge < -0.3 is 14.8 Å². The number of para-hydroxylation sites is 1. The molecule has 2 aromatic rings. The van der Waals surface area contributed by atoms with Crippen LogP contribution in [0, 0.1) is 0 Å². The Hall–Kier alpha value is -2.16. The molecule has 0 bridgehead atoms. The van der Waals surface area contributed by atoms with Crippen molar-refractivity contribution in [2.45, 2.75) is 39.4 Å². The Balaban J connectivity index is 1.79. The number of hydrogen-bond acceptors (Lipinski definition) is 3. The predicted molar refractivity (Wildman–Crippen MR) is 91.8 cm³/mol. The fraction of sp³-hybridized carbons (Fsp3) is 0.368. The smallest absolute Gasteiger partial charge is 0.119 e. The maximum atomic E-state index is 5.84. The van der Waals surface area contributed by atoms with Crippen LogP contribution in [0.3, 0.4) is 0 Å². The summed E-state index contributed by atoms with van der Waals surface area (Å²) in [6.07, 6.45) is 1.35. The van der Waals surface area contributed by atoms with Crippen molar-refractivity contribution in [3.8, 4) is 11.5 Å². The Morgan fingerprint density at radius 3 is 2.05 bits per heavy atom. The number of benzene rings is 2. The van der Waals surface area contributed by atoms with Gasteiger partial charge in [-0.15, -0.1) is 0 Å². The molecule has 22 heavy (non-hydrogen) atoms. The maximum absolute atomic E-state index is 5.84. The van der Waals surface area contributed by atoms with Crippen LogP contribution in [-0.4, -0.2) is 18.8 Å². The minimum atomic E-state index is 0.0958. The highest BCUT2D eigenvalue weighted by atomic mass is 16.5. The fourth-order valence-electron chi connectivity index (χ4n) is 2.00. The zero-order chi connectivity index (χ0) is 15.8. The molecule has 0 aliphatic carbocycles. The Kier molecular flexibility index (Phi) is 6.13. The van der Waals surface area contributed by atoms with Crippen LogP contribution in [0.1, 0.15) is 27.2 Å². The summed E-state index contributed by atoms with van der Waals surface area (Å²) < 4.78 is 11.6. The van der Waals surface area contributed by atoms with E-state index in [1.165, 1.54) is 0 Å². The summed E-state index contributed by atoms with van der Waals surface area (Å²) in [6, 6.07) is 17.9. The first-order chi connectivity index (χ1) is 10.7. The number of hydrogen-bond donors (Lipinski definition) is 1. The second-order valence-corrected chi connectivity index (χ2v) is 5.48. The zero-order valence-electron chi connectivity index (χ0n) is 13.6. The first kappa shape index (κ1) is 16.2. The van der Waals surface area contributed by atoms with Gasteiger partial charge in [-0.05, 0) is 56.7 Å². The van der Waals surface area contributed by atoms with Crippen LogP contribution in [0.4, 0.5) is 5.69 Å². The number of ether oxygens (including phenoxy) is 2. The lowest BCUT2D eigenvalue weighted by atomic mass is 10.2. The van der Waals surface area contributed by atoms with E-state index in [0.29, 0.717) is 0 Å². The van der Waals surface area contributed by atoms with E-state index in [0.717, 1.165) is 30.2 Å². The molecule has 0 fully saturated rings. The summed E-state index contributed by atoms with van der Waals surface area (Å²) in [5.74, 6) is 1.81. The average Bonchev–Trinajstić information content (AvgIpc) is 2.55. The van der Waals surface area contributed by atoms with Crippen molar-refractivity contribution in [2.75, 3.05) is 11.9 Å². The predicted octanol–water partition coefficient (Wildman–Crippen LogP) is 4.74. The van der Waals surface area contributed by atoms with Gasteiger partial charge in [0.2, 0.25) is 0 Å². The van der Waals surface area contributed by atoms with Crippen molar-refractivity contribution in [1.29, 1.82) is 0 Å². The van der Waals surface area contributed by atoms with Gasteiger partial charge in [-0.3, -0.25) is 0 Å². The lowest BCUT2D eigenvalue weighted by Gasteiger charge is -2.17. The standard InChI is InChI=1S/C19H25NO2/c1-4-15(2)21-19-12-10-17(11-13-19)20-14-16(3)22-18-8-6-5-7-9-18/h5-13,15-16,20H,4,14H2,1-3H3/t15-,16-/m0/s1. The highest BCUT2D eigenvalue weighted by molar-refractivity contribution is 5.46. The first-order valence-electron chi connectivity index (χ1n) is 7.89. The third-order valence-electron chi connectivity index (χ3n) is 3.44. The van der Waals surface area contributed by atoms with Gasteiger partial charge in [-0.25, -0.2) is 0 Å². The van der Waals surface area contributed by atoms with Gasteiger partial charge in [0.15, 0.2) is 0 Å². The van der Waals surface area contributed by atoms with Crippen molar-refractivity contribution in [2.24, 2.45) is 0 Å². The molecule has 0 heterocycles. The van der Waals surface area contributed by atoms with E-state index in [2.05, 4.69) is 26.1 Å². The summed E-state index contributed by atoms with van der Waals surface area (Å²) in [5, 5.41) is 3.38. The van der Waals surface area contributed by atoms with E-state index in [4.69, 9.17) is 9.47 Å². The van der Waals surface area contributed by atoms with Gasteiger partial charge in [-0.1, -0.05) is 25.1 Å². The second kappa shape index (κ2) is 8.32. The van der Waals surface area contributed by atoms with E-state index >= 15 is 0 Å². The van der Waals surface area contributed by atoms with Crippen LogP contribution in [0.2, 0.25) is 0 Å². The molecule has 0 amide bonds.